The molecule has 2 aromatic rings. The van der Waals surface area contributed by atoms with Crippen LogP contribution in [0.4, 0.5) is 0 Å². The summed E-state index contributed by atoms with van der Waals surface area (Å²) < 4.78 is 2.00. The number of fused-ring (bicyclic) bond motifs is 1. The van der Waals surface area contributed by atoms with Crippen LogP contribution in [0.1, 0.15) is 21.7 Å². The van der Waals surface area contributed by atoms with Crippen molar-refractivity contribution < 1.29 is 4.79 Å². The molecule has 0 radical (unpaired) electrons. The highest BCUT2D eigenvalue weighted by molar-refractivity contribution is 5.95. The summed E-state index contributed by atoms with van der Waals surface area (Å²) in [7, 11) is 1.92. The first-order valence-electron chi connectivity index (χ1n) is 7.18. The van der Waals surface area contributed by atoms with Gasteiger partial charge in [-0.05, 0) is 31.6 Å². The zero-order valence-corrected chi connectivity index (χ0v) is 12.1. The first-order chi connectivity index (χ1) is 10.3. The zero-order chi connectivity index (χ0) is 14.7. The Labute approximate surface area is 123 Å². The Bertz CT molecular complexity index is 636. The summed E-state index contributed by atoms with van der Waals surface area (Å²) in [6.07, 6.45) is 2.57. The third kappa shape index (κ3) is 2.80. The van der Waals surface area contributed by atoms with E-state index >= 15 is 0 Å². The summed E-state index contributed by atoms with van der Waals surface area (Å²) >= 11 is 0. The van der Waals surface area contributed by atoms with Crippen LogP contribution in [0, 0.1) is 0 Å². The van der Waals surface area contributed by atoms with Gasteiger partial charge in [0.05, 0.1) is 6.54 Å². The molecule has 6 nitrogen and oxygen atoms in total. The SMILES string of the molecule is CNCCc1ccccc1C(=O)N1CCn2cnnc2C1. The minimum Gasteiger partial charge on any atom is -0.329 e. The van der Waals surface area contributed by atoms with E-state index < -0.39 is 0 Å². The molecule has 1 aliphatic rings. The molecule has 0 spiro atoms. The minimum atomic E-state index is 0.0796. The van der Waals surface area contributed by atoms with Gasteiger partial charge in [-0.1, -0.05) is 18.2 Å². The number of rotatable bonds is 4. The Morgan fingerprint density at radius 1 is 1.33 bits per heavy atom. The smallest absolute Gasteiger partial charge is 0.254 e. The molecule has 21 heavy (non-hydrogen) atoms. The van der Waals surface area contributed by atoms with Crippen LogP contribution in [-0.2, 0) is 19.5 Å². The second-order valence-electron chi connectivity index (χ2n) is 5.18. The summed E-state index contributed by atoms with van der Waals surface area (Å²) in [4.78, 5) is 14.6. The normalized spacial score (nSPS) is 14.0. The minimum absolute atomic E-state index is 0.0796. The van der Waals surface area contributed by atoms with Crippen LogP contribution in [0.15, 0.2) is 30.6 Å². The fraction of sp³-hybridized carbons (Fsp3) is 0.400. The van der Waals surface area contributed by atoms with Crippen molar-refractivity contribution >= 4 is 5.91 Å². The molecule has 3 rings (SSSR count). The molecular weight excluding hydrogens is 266 g/mol. The van der Waals surface area contributed by atoms with Crippen molar-refractivity contribution in [2.75, 3.05) is 20.1 Å². The number of nitrogens with one attached hydrogen (secondary N) is 1. The van der Waals surface area contributed by atoms with Gasteiger partial charge in [0.1, 0.15) is 6.33 Å². The van der Waals surface area contributed by atoms with Gasteiger partial charge in [0, 0.05) is 18.7 Å². The van der Waals surface area contributed by atoms with E-state index in [-0.39, 0.29) is 5.91 Å². The van der Waals surface area contributed by atoms with Crippen LogP contribution in [0.5, 0.6) is 0 Å². The Morgan fingerprint density at radius 3 is 3.05 bits per heavy atom. The third-order valence-corrected chi connectivity index (χ3v) is 3.82. The number of amides is 1. The molecule has 0 atom stereocenters. The monoisotopic (exact) mass is 285 g/mol. The van der Waals surface area contributed by atoms with E-state index in [0.717, 1.165) is 36.5 Å². The molecular formula is C15H19N5O. The maximum absolute atomic E-state index is 12.8. The number of hydrogen-bond acceptors (Lipinski definition) is 4. The number of benzene rings is 1. The molecule has 0 bridgehead atoms. The zero-order valence-electron chi connectivity index (χ0n) is 12.1. The predicted molar refractivity (Wildman–Crippen MR) is 78.8 cm³/mol. The summed E-state index contributed by atoms with van der Waals surface area (Å²) in [6.45, 7) is 2.84. The first kappa shape index (κ1) is 13.8. The van der Waals surface area contributed by atoms with Crippen LogP contribution in [0.2, 0.25) is 0 Å². The van der Waals surface area contributed by atoms with Crippen molar-refractivity contribution in [1.29, 1.82) is 0 Å². The van der Waals surface area contributed by atoms with Gasteiger partial charge in [0.2, 0.25) is 0 Å². The lowest BCUT2D eigenvalue weighted by Gasteiger charge is -2.27. The summed E-state index contributed by atoms with van der Waals surface area (Å²) in [5.41, 5.74) is 1.88. The molecule has 0 saturated heterocycles. The van der Waals surface area contributed by atoms with Crippen LogP contribution < -0.4 is 5.32 Å². The standard InChI is InChI=1S/C15H19N5O/c1-16-7-6-12-4-2-3-5-13(12)15(21)19-8-9-20-11-17-18-14(20)10-19/h2-5,11,16H,6-10H2,1H3. The van der Waals surface area contributed by atoms with Crippen LogP contribution in [-0.4, -0.2) is 45.7 Å². The molecule has 1 aromatic heterocycles. The lowest BCUT2D eigenvalue weighted by atomic mass is 10.0. The molecule has 0 saturated carbocycles. The van der Waals surface area contributed by atoms with Gasteiger partial charge in [-0.3, -0.25) is 4.79 Å². The number of aromatic nitrogens is 3. The Kier molecular flexibility index (Phi) is 3.96. The van der Waals surface area contributed by atoms with Crippen LogP contribution in [0.25, 0.3) is 0 Å². The van der Waals surface area contributed by atoms with Crippen LogP contribution >= 0.6 is 0 Å². The highest BCUT2D eigenvalue weighted by Crippen LogP contribution is 2.16. The maximum Gasteiger partial charge on any atom is 0.254 e. The second kappa shape index (κ2) is 6.05. The molecule has 6 heteroatoms. The fourth-order valence-electron chi connectivity index (χ4n) is 2.62. The van der Waals surface area contributed by atoms with Crippen molar-refractivity contribution in [2.24, 2.45) is 0 Å². The van der Waals surface area contributed by atoms with E-state index in [2.05, 4.69) is 15.5 Å². The lowest BCUT2D eigenvalue weighted by molar-refractivity contribution is 0.0706. The maximum atomic E-state index is 12.8. The fourth-order valence-corrected chi connectivity index (χ4v) is 2.62. The van der Waals surface area contributed by atoms with Crippen molar-refractivity contribution in [2.45, 2.75) is 19.5 Å². The largest absolute Gasteiger partial charge is 0.329 e. The first-order valence-corrected chi connectivity index (χ1v) is 7.18. The molecule has 2 heterocycles. The molecule has 0 fully saturated rings. The van der Waals surface area contributed by atoms with Gasteiger partial charge >= 0.3 is 0 Å². The van der Waals surface area contributed by atoms with E-state index in [1.165, 1.54) is 0 Å². The highest BCUT2D eigenvalue weighted by atomic mass is 16.2. The Hall–Kier alpha value is -2.21. The topological polar surface area (TPSA) is 63.1 Å². The molecule has 1 amide bonds. The van der Waals surface area contributed by atoms with Gasteiger partial charge in [-0.25, -0.2) is 0 Å². The highest BCUT2D eigenvalue weighted by Gasteiger charge is 2.24. The van der Waals surface area contributed by atoms with Crippen molar-refractivity contribution in [3.05, 3.63) is 47.5 Å². The van der Waals surface area contributed by atoms with Gasteiger partial charge in [-0.2, -0.15) is 0 Å². The summed E-state index contributed by atoms with van der Waals surface area (Å²) in [6, 6.07) is 7.83. The third-order valence-electron chi connectivity index (χ3n) is 3.82. The van der Waals surface area contributed by atoms with E-state index in [9.17, 15) is 4.79 Å². The molecule has 0 unspecified atom stereocenters. The van der Waals surface area contributed by atoms with E-state index in [0.29, 0.717) is 13.1 Å². The average Bonchev–Trinajstić information content (AvgIpc) is 3.00. The summed E-state index contributed by atoms with van der Waals surface area (Å²) in [5.74, 6) is 0.929. The quantitative estimate of drug-likeness (QED) is 0.898. The van der Waals surface area contributed by atoms with Gasteiger partial charge in [0.15, 0.2) is 5.82 Å². The number of carbonyl (C=O) groups excluding carboxylic acids is 1. The number of carbonyl (C=O) groups is 1. The van der Waals surface area contributed by atoms with Crippen molar-refractivity contribution in [3.8, 4) is 0 Å². The van der Waals surface area contributed by atoms with Crippen LogP contribution in [0.3, 0.4) is 0 Å². The molecule has 0 aliphatic carbocycles. The number of hydrogen-bond donors (Lipinski definition) is 1. The van der Waals surface area contributed by atoms with E-state index in [1.807, 2.05) is 40.8 Å². The number of nitrogens with zero attached hydrogens (tertiary/aromatic N) is 4. The van der Waals surface area contributed by atoms with Gasteiger partial charge in [0.25, 0.3) is 5.91 Å². The van der Waals surface area contributed by atoms with E-state index in [1.54, 1.807) is 6.33 Å². The van der Waals surface area contributed by atoms with Gasteiger partial charge in [-0.15, -0.1) is 10.2 Å². The number of likely N-dealkylation sites (N-methyl/N-ethyl adjacent to an activating group) is 1. The Morgan fingerprint density at radius 2 is 2.19 bits per heavy atom. The lowest BCUT2D eigenvalue weighted by Crippen LogP contribution is -2.38. The average molecular weight is 285 g/mol. The van der Waals surface area contributed by atoms with Crippen molar-refractivity contribution in [1.82, 2.24) is 25.0 Å². The van der Waals surface area contributed by atoms with Gasteiger partial charge < -0.3 is 14.8 Å². The molecule has 1 aromatic carbocycles. The van der Waals surface area contributed by atoms with E-state index in [4.69, 9.17) is 0 Å². The second-order valence-corrected chi connectivity index (χ2v) is 5.18. The molecule has 110 valence electrons. The molecule has 1 N–H and O–H groups in total. The Balaban J connectivity index is 1.80. The predicted octanol–water partition coefficient (Wildman–Crippen LogP) is 0.696. The molecule has 1 aliphatic heterocycles. The van der Waals surface area contributed by atoms with Crippen molar-refractivity contribution in [3.63, 3.8) is 0 Å². The summed E-state index contributed by atoms with van der Waals surface area (Å²) in [5, 5.41) is 11.1.